The van der Waals surface area contributed by atoms with Crippen molar-refractivity contribution in [2.45, 2.75) is 45.3 Å². The Morgan fingerprint density at radius 2 is 1.72 bits per heavy atom. The summed E-state index contributed by atoms with van der Waals surface area (Å²) in [6, 6.07) is 9.97. The molecule has 2 aromatic carbocycles. The quantitative estimate of drug-likeness (QED) is 0.344. The average Bonchev–Trinajstić information content (AvgIpc) is 3.39. The third kappa shape index (κ3) is 6.93. The topological polar surface area (TPSA) is 180 Å². The summed E-state index contributed by atoms with van der Waals surface area (Å²) in [7, 11) is -4.36. The molecule has 1 saturated heterocycles. The fraction of sp³-hybridized carbons (Fsp3) is 0.391. The van der Waals surface area contributed by atoms with Crippen LogP contribution in [-0.4, -0.2) is 66.9 Å². The Balaban J connectivity index is 1.70. The minimum absolute atomic E-state index is 0.240. The van der Waals surface area contributed by atoms with Crippen LogP contribution in [0, 0.1) is 0 Å². The highest BCUT2D eigenvalue weighted by Gasteiger charge is 2.51. The Morgan fingerprint density at radius 1 is 1.08 bits per heavy atom. The van der Waals surface area contributed by atoms with Gasteiger partial charge in [0.25, 0.3) is 0 Å². The zero-order valence-corrected chi connectivity index (χ0v) is 22.5. The zero-order chi connectivity index (χ0) is 28.3. The van der Waals surface area contributed by atoms with Crippen molar-refractivity contribution < 1.29 is 45.9 Å². The molecule has 0 aliphatic carbocycles. The predicted octanol–water partition coefficient (Wildman–Crippen LogP) is 2.26. The van der Waals surface area contributed by atoms with Gasteiger partial charge in [-0.05, 0) is 37.3 Å². The minimum atomic E-state index is -4.36. The van der Waals surface area contributed by atoms with E-state index in [0.717, 1.165) is 13.8 Å². The Hall–Kier alpha value is -3.50. The lowest BCUT2D eigenvalue weighted by molar-refractivity contribution is -0.165. The van der Waals surface area contributed by atoms with Gasteiger partial charge >= 0.3 is 22.2 Å². The monoisotopic (exact) mass is 584 g/mol. The van der Waals surface area contributed by atoms with E-state index in [1.54, 1.807) is 30.3 Å². The lowest BCUT2D eigenvalue weighted by atomic mass is 10.1. The molecule has 0 saturated carbocycles. The van der Waals surface area contributed by atoms with Gasteiger partial charge in [0.15, 0.2) is 18.4 Å². The number of halogens is 1. The highest BCUT2D eigenvalue weighted by atomic mass is 35.5. The number of nitrogens with two attached hydrogens (primary N) is 1. The number of fused-ring (bicyclic) bond motifs is 1. The standard InChI is InChI=1S/C23H25ClN4O10S/c1-4-33-14-5-7-15(8-6-14)37-19-10-18-17(9-16(19)24)26-27-28(18)23-22(36-13(3)30)21(35-12(2)29)20(38-23)11-34-39(25,31)32/h5-10,20-23H,4,11H2,1-3H3,(H2,25,31,32)/t20-,21-,22-,23-/m1/s1. The molecule has 2 N–H and O–H groups in total. The van der Waals surface area contributed by atoms with Crippen LogP contribution in [0.3, 0.4) is 0 Å². The smallest absolute Gasteiger partial charge is 0.333 e. The molecule has 1 fully saturated rings. The summed E-state index contributed by atoms with van der Waals surface area (Å²) in [5.74, 6) is -0.0470. The lowest BCUT2D eigenvalue weighted by Gasteiger charge is -2.23. The van der Waals surface area contributed by atoms with Gasteiger partial charge in [-0.25, -0.2) is 9.82 Å². The largest absolute Gasteiger partial charge is 0.494 e. The number of esters is 2. The molecule has 4 rings (SSSR count). The summed E-state index contributed by atoms with van der Waals surface area (Å²) in [6.45, 7) is 4.05. The van der Waals surface area contributed by atoms with Crippen molar-refractivity contribution in [2.75, 3.05) is 13.2 Å². The zero-order valence-electron chi connectivity index (χ0n) is 21.0. The third-order valence-corrected chi connectivity index (χ3v) is 6.17. The van der Waals surface area contributed by atoms with Crippen LogP contribution in [0.25, 0.3) is 11.0 Å². The maximum atomic E-state index is 11.9. The van der Waals surface area contributed by atoms with Crippen LogP contribution in [-0.2, 0) is 38.3 Å². The van der Waals surface area contributed by atoms with Crippen LogP contribution in [0.1, 0.15) is 27.0 Å². The van der Waals surface area contributed by atoms with E-state index in [-0.39, 0.29) is 10.8 Å². The molecule has 0 bridgehead atoms. The number of carbonyl (C=O) groups excluding carboxylic acids is 2. The average molecular weight is 585 g/mol. The molecule has 4 atom stereocenters. The minimum Gasteiger partial charge on any atom is -0.494 e. The second-order valence-corrected chi connectivity index (χ2v) is 9.93. The second kappa shape index (κ2) is 11.7. The van der Waals surface area contributed by atoms with Crippen LogP contribution in [0.2, 0.25) is 5.02 Å². The Labute approximate surface area is 228 Å². The molecular formula is C23H25ClN4O10S. The normalized spacial score (nSPS) is 21.1. The first-order valence-corrected chi connectivity index (χ1v) is 13.4. The van der Waals surface area contributed by atoms with Gasteiger partial charge in [0, 0.05) is 19.9 Å². The number of hydrogen-bond acceptors (Lipinski definition) is 12. The molecule has 39 heavy (non-hydrogen) atoms. The molecular weight excluding hydrogens is 560 g/mol. The molecule has 3 aromatic rings. The van der Waals surface area contributed by atoms with Gasteiger partial charge in [0.2, 0.25) is 0 Å². The van der Waals surface area contributed by atoms with Crippen molar-refractivity contribution in [3.63, 3.8) is 0 Å². The SMILES string of the molecule is CCOc1ccc(Oc2cc3c(cc2Cl)nnn3[C@@H]2O[C@H](COS(N)(=O)=O)[C@@H](OC(C)=O)[C@H]2OC(C)=O)cc1. The second-order valence-electron chi connectivity index (χ2n) is 8.30. The van der Waals surface area contributed by atoms with Crippen LogP contribution >= 0.6 is 11.6 Å². The van der Waals surface area contributed by atoms with Crippen molar-refractivity contribution in [3.05, 3.63) is 41.4 Å². The van der Waals surface area contributed by atoms with Crippen LogP contribution in [0.4, 0.5) is 0 Å². The van der Waals surface area contributed by atoms with Gasteiger partial charge in [0.1, 0.15) is 28.9 Å². The number of hydrogen-bond donors (Lipinski definition) is 1. The summed E-state index contributed by atoms with van der Waals surface area (Å²) in [4.78, 5) is 23.8. The summed E-state index contributed by atoms with van der Waals surface area (Å²) in [6.07, 6.45) is -4.93. The number of aromatic nitrogens is 3. The van der Waals surface area contributed by atoms with E-state index in [1.807, 2.05) is 6.92 Å². The molecule has 16 heteroatoms. The molecule has 0 amide bonds. The van der Waals surface area contributed by atoms with Gasteiger partial charge in [-0.2, -0.15) is 8.42 Å². The Morgan fingerprint density at radius 3 is 2.33 bits per heavy atom. The maximum Gasteiger partial charge on any atom is 0.333 e. The van der Waals surface area contributed by atoms with E-state index in [0.29, 0.717) is 29.1 Å². The fourth-order valence-corrected chi connectivity index (χ4v) is 4.48. The van der Waals surface area contributed by atoms with E-state index in [4.69, 9.17) is 40.4 Å². The van der Waals surface area contributed by atoms with Gasteiger partial charge in [-0.1, -0.05) is 16.8 Å². The third-order valence-electron chi connectivity index (χ3n) is 5.41. The van der Waals surface area contributed by atoms with E-state index in [9.17, 15) is 18.0 Å². The van der Waals surface area contributed by atoms with Crippen LogP contribution < -0.4 is 14.6 Å². The number of carbonyl (C=O) groups is 2. The molecule has 1 aromatic heterocycles. The van der Waals surface area contributed by atoms with Gasteiger partial charge in [-0.3, -0.25) is 13.8 Å². The molecule has 0 radical (unpaired) electrons. The van der Waals surface area contributed by atoms with Crippen LogP contribution in [0.5, 0.6) is 17.2 Å². The van der Waals surface area contributed by atoms with Crippen molar-refractivity contribution in [3.8, 4) is 17.2 Å². The molecule has 2 heterocycles. The highest BCUT2D eigenvalue weighted by molar-refractivity contribution is 7.84. The summed E-state index contributed by atoms with van der Waals surface area (Å²) >= 11 is 6.42. The van der Waals surface area contributed by atoms with Crippen molar-refractivity contribution in [2.24, 2.45) is 5.14 Å². The fourth-order valence-electron chi connectivity index (χ4n) is 3.96. The molecule has 1 aliphatic heterocycles. The molecule has 0 unspecified atom stereocenters. The number of rotatable bonds is 10. The van der Waals surface area contributed by atoms with E-state index >= 15 is 0 Å². The lowest BCUT2D eigenvalue weighted by Crippen LogP contribution is -2.41. The summed E-state index contributed by atoms with van der Waals surface area (Å²) < 4.78 is 56.7. The first kappa shape index (κ1) is 28.5. The Kier molecular flexibility index (Phi) is 8.56. The Bertz CT molecular complexity index is 1460. The van der Waals surface area contributed by atoms with Crippen molar-refractivity contribution >= 4 is 44.9 Å². The van der Waals surface area contributed by atoms with Crippen molar-refractivity contribution in [1.29, 1.82) is 0 Å². The van der Waals surface area contributed by atoms with E-state index in [1.165, 1.54) is 10.7 Å². The number of benzene rings is 2. The summed E-state index contributed by atoms with van der Waals surface area (Å²) in [5.41, 5.74) is 0.703. The summed E-state index contributed by atoms with van der Waals surface area (Å²) in [5, 5.41) is 13.4. The van der Waals surface area contributed by atoms with Gasteiger partial charge in [0.05, 0.1) is 23.8 Å². The first-order valence-electron chi connectivity index (χ1n) is 11.6. The van der Waals surface area contributed by atoms with Gasteiger partial charge in [-0.15, -0.1) is 5.10 Å². The van der Waals surface area contributed by atoms with Crippen molar-refractivity contribution in [1.82, 2.24) is 15.0 Å². The molecule has 210 valence electrons. The molecule has 1 aliphatic rings. The van der Waals surface area contributed by atoms with Gasteiger partial charge < -0.3 is 23.7 Å². The van der Waals surface area contributed by atoms with E-state index < -0.39 is 53.4 Å². The number of nitrogens with zero attached hydrogens (tertiary/aromatic N) is 3. The highest BCUT2D eigenvalue weighted by Crippen LogP contribution is 2.38. The first-order chi connectivity index (χ1) is 18.4. The maximum absolute atomic E-state index is 11.9. The predicted molar refractivity (Wildman–Crippen MR) is 134 cm³/mol. The number of ether oxygens (including phenoxy) is 5. The van der Waals surface area contributed by atoms with E-state index in [2.05, 4.69) is 14.5 Å². The molecule has 0 spiro atoms. The molecule has 14 nitrogen and oxygen atoms in total. The van der Waals surface area contributed by atoms with Crippen LogP contribution in [0.15, 0.2) is 36.4 Å².